The van der Waals surface area contributed by atoms with Crippen LogP contribution in [-0.4, -0.2) is 30.9 Å². The average molecular weight is 312 g/mol. The maximum absolute atomic E-state index is 12.2. The number of ketones is 1. The van der Waals surface area contributed by atoms with Crippen molar-refractivity contribution in [1.29, 1.82) is 0 Å². The highest BCUT2D eigenvalue weighted by Gasteiger charge is 2.48. The standard InChI is InChI=1S/C17H28O5/c1-3-21-15(19)11-7-5-6-8-12-17(16(20)22-4-2)13-9-10-14(17)18/h3-13H2,1-2H3. The van der Waals surface area contributed by atoms with Crippen LogP contribution in [0.4, 0.5) is 0 Å². The normalized spacial score (nSPS) is 20.9. The Bertz CT molecular complexity index is 391. The predicted octanol–water partition coefficient (Wildman–Crippen LogP) is 3.19. The van der Waals surface area contributed by atoms with Crippen LogP contribution in [0.2, 0.25) is 0 Å². The van der Waals surface area contributed by atoms with Gasteiger partial charge in [-0.25, -0.2) is 0 Å². The Balaban J connectivity index is 2.32. The Labute approximate surface area is 132 Å². The Morgan fingerprint density at radius 1 is 1.05 bits per heavy atom. The Hall–Kier alpha value is -1.39. The van der Waals surface area contributed by atoms with Crippen molar-refractivity contribution in [2.75, 3.05) is 13.2 Å². The molecule has 0 aromatic heterocycles. The number of ether oxygens (including phenoxy) is 2. The lowest BCUT2D eigenvalue weighted by Crippen LogP contribution is -2.37. The number of hydrogen-bond acceptors (Lipinski definition) is 5. The molecule has 5 nitrogen and oxygen atoms in total. The van der Waals surface area contributed by atoms with Crippen molar-refractivity contribution >= 4 is 17.7 Å². The number of Topliss-reactive ketones (excluding diaryl/α,β-unsaturated/α-hetero) is 1. The summed E-state index contributed by atoms with van der Waals surface area (Å²) in [6.45, 7) is 4.29. The fourth-order valence-electron chi connectivity index (χ4n) is 3.06. The maximum atomic E-state index is 12.2. The summed E-state index contributed by atoms with van der Waals surface area (Å²) < 4.78 is 9.99. The molecule has 0 radical (unpaired) electrons. The zero-order chi connectivity index (χ0) is 16.4. The summed E-state index contributed by atoms with van der Waals surface area (Å²) in [5.74, 6) is -0.460. The van der Waals surface area contributed by atoms with Gasteiger partial charge in [-0.1, -0.05) is 19.3 Å². The molecule has 0 aromatic carbocycles. The van der Waals surface area contributed by atoms with Crippen LogP contribution in [0.25, 0.3) is 0 Å². The van der Waals surface area contributed by atoms with E-state index in [1.165, 1.54) is 0 Å². The van der Waals surface area contributed by atoms with Crippen molar-refractivity contribution in [2.24, 2.45) is 5.41 Å². The summed E-state index contributed by atoms with van der Waals surface area (Å²) >= 11 is 0. The maximum Gasteiger partial charge on any atom is 0.319 e. The van der Waals surface area contributed by atoms with Crippen LogP contribution in [-0.2, 0) is 23.9 Å². The van der Waals surface area contributed by atoms with Gasteiger partial charge in [0.2, 0.25) is 0 Å². The second-order valence-corrected chi connectivity index (χ2v) is 5.80. The molecule has 126 valence electrons. The molecule has 0 N–H and O–H groups in total. The van der Waals surface area contributed by atoms with Gasteiger partial charge < -0.3 is 9.47 Å². The van der Waals surface area contributed by atoms with Crippen molar-refractivity contribution in [3.63, 3.8) is 0 Å². The summed E-state index contributed by atoms with van der Waals surface area (Å²) in [6.07, 6.45) is 6.32. The van der Waals surface area contributed by atoms with Crippen molar-refractivity contribution in [3.05, 3.63) is 0 Å². The Morgan fingerprint density at radius 3 is 2.32 bits per heavy atom. The molecule has 1 rings (SSSR count). The van der Waals surface area contributed by atoms with Crippen LogP contribution < -0.4 is 0 Å². The van der Waals surface area contributed by atoms with Gasteiger partial charge in [-0.3, -0.25) is 14.4 Å². The highest BCUT2D eigenvalue weighted by atomic mass is 16.5. The van der Waals surface area contributed by atoms with Crippen LogP contribution in [0.3, 0.4) is 0 Å². The summed E-state index contributed by atoms with van der Waals surface area (Å²) in [4.78, 5) is 35.5. The van der Waals surface area contributed by atoms with E-state index < -0.39 is 5.41 Å². The van der Waals surface area contributed by atoms with E-state index in [-0.39, 0.29) is 17.7 Å². The second-order valence-electron chi connectivity index (χ2n) is 5.80. The predicted molar refractivity (Wildman–Crippen MR) is 82.3 cm³/mol. The van der Waals surface area contributed by atoms with E-state index in [2.05, 4.69) is 0 Å². The molecule has 22 heavy (non-hydrogen) atoms. The summed E-state index contributed by atoms with van der Waals surface area (Å²) in [7, 11) is 0. The molecule has 1 saturated carbocycles. The molecule has 0 bridgehead atoms. The van der Waals surface area contributed by atoms with E-state index in [4.69, 9.17) is 9.47 Å². The van der Waals surface area contributed by atoms with Crippen molar-refractivity contribution in [3.8, 4) is 0 Å². The van der Waals surface area contributed by atoms with Gasteiger partial charge in [0.1, 0.15) is 11.2 Å². The van der Waals surface area contributed by atoms with E-state index in [1.807, 2.05) is 0 Å². The van der Waals surface area contributed by atoms with Crippen LogP contribution in [0, 0.1) is 5.41 Å². The minimum absolute atomic E-state index is 0.0393. The lowest BCUT2D eigenvalue weighted by Gasteiger charge is -2.24. The number of carbonyl (C=O) groups excluding carboxylic acids is 3. The quantitative estimate of drug-likeness (QED) is 0.352. The van der Waals surface area contributed by atoms with Gasteiger partial charge in [0.05, 0.1) is 13.2 Å². The fraction of sp³-hybridized carbons (Fsp3) is 0.824. The molecule has 1 fully saturated rings. The average Bonchev–Trinajstić information content (AvgIpc) is 2.85. The topological polar surface area (TPSA) is 69.7 Å². The zero-order valence-corrected chi connectivity index (χ0v) is 13.8. The van der Waals surface area contributed by atoms with Gasteiger partial charge in [-0.05, 0) is 39.5 Å². The number of unbranched alkanes of at least 4 members (excludes halogenated alkanes) is 3. The molecule has 1 unspecified atom stereocenters. The molecular weight excluding hydrogens is 284 g/mol. The van der Waals surface area contributed by atoms with E-state index >= 15 is 0 Å². The first kappa shape index (κ1) is 18.7. The summed E-state index contributed by atoms with van der Waals surface area (Å²) in [5.41, 5.74) is -0.892. The SMILES string of the molecule is CCOC(=O)CCCCCCC1(C(=O)OCC)CCCC1=O. The van der Waals surface area contributed by atoms with Crippen molar-refractivity contribution in [1.82, 2.24) is 0 Å². The minimum Gasteiger partial charge on any atom is -0.466 e. The van der Waals surface area contributed by atoms with E-state index in [0.717, 1.165) is 32.1 Å². The molecule has 0 amide bonds. The Morgan fingerprint density at radius 2 is 1.73 bits per heavy atom. The van der Waals surface area contributed by atoms with Gasteiger partial charge in [0.25, 0.3) is 0 Å². The summed E-state index contributed by atoms with van der Waals surface area (Å²) in [5, 5.41) is 0. The first-order valence-electron chi connectivity index (χ1n) is 8.43. The highest BCUT2D eigenvalue weighted by molar-refractivity contribution is 6.05. The van der Waals surface area contributed by atoms with Crippen molar-refractivity contribution in [2.45, 2.75) is 71.6 Å². The minimum atomic E-state index is -0.892. The summed E-state index contributed by atoms with van der Waals surface area (Å²) in [6, 6.07) is 0. The first-order chi connectivity index (χ1) is 10.6. The van der Waals surface area contributed by atoms with E-state index in [1.54, 1.807) is 13.8 Å². The smallest absolute Gasteiger partial charge is 0.319 e. The van der Waals surface area contributed by atoms with Gasteiger partial charge in [-0.15, -0.1) is 0 Å². The van der Waals surface area contributed by atoms with Crippen molar-refractivity contribution < 1.29 is 23.9 Å². The molecule has 1 aliphatic rings. The van der Waals surface area contributed by atoms with Crippen LogP contribution >= 0.6 is 0 Å². The molecule has 0 heterocycles. The molecule has 1 aliphatic carbocycles. The fourth-order valence-corrected chi connectivity index (χ4v) is 3.06. The highest BCUT2D eigenvalue weighted by Crippen LogP contribution is 2.40. The van der Waals surface area contributed by atoms with Gasteiger partial charge >= 0.3 is 11.9 Å². The molecular formula is C17H28O5. The largest absolute Gasteiger partial charge is 0.466 e. The number of esters is 2. The first-order valence-corrected chi connectivity index (χ1v) is 8.43. The second kappa shape index (κ2) is 9.59. The van der Waals surface area contributed by atoms with E-state index in [9.17, 15) is 14.4 Å². The molecule has 0 spiro atoms. The molecule has 1 atom stereocenters. The van der Waals surface area contributed by atoms with Gasteiger partial charge in [0.15, 0.2) is 0 Å². The molecule has 0 saturated heterocycles. The molecule has 5 heteroatoms. The third kappa shape index (κ3) is 5.11. The van der Waals surface area contributed by atoms with Crippen LogP contribution in [0.5, 0.6) is 0 Å². The third-order valence-corrected chi connectivity index (χ3v) is 4.25. The zero-order valence-electron chi connectivity index (χ0n) is 13.8. The van der Waals surface area contributed by atoms with Crippen LogP contribution in [0.1, 0.15) is 71.6 Å². The number of hydrogen-bond donors (Lipinski definition) is 0. The monoisotopic (exact) mass is 312 g/mol. The third-order valence-electron chi connectivity index (χ3n) is 4.25. The van der Waals surface area contributed by atoms with Gasteiger partial charge in [0, 0.05) is 12.8 Å². The molecule has 0 aromatic rings. The number of carbonyl (C=O) groups is 3. The van der Waals surface area contributed by atoms with Crippen LogP contribution in [0.15, 0.2) is 0 Å². The Kier molecular flexibility index (Phi) is 8.13. The molecule has 0 aliphatic heterocycles. The number of rotatable bonds is 10. The van der Waals surface area contributed by atoms with E-state index in [0.29, 0.717) is 38.9 Å². The lowest BCUT2D eigenvalue weighted by atomic mass is 9.80. The lowest BCUT2D eigenvalue weighted by molar-refractivity contribution is -0.159. The van der Waals surface area contributed by atoms with Gasteiger partial charge in [-0.2, -0.15) is 0 Å².